The van der Waals surface area contributed by atoms with Crippen molar-refractivity contribution in [3.63, 3.8) is 0 Å². The fourth-order valence-corrected chi connectivity index (χ4v) is 6.64. The molecule has 0 nitrogen and oxygen atoms in total. The molecule has 0 unspecified atom stereocenters. The first-order valence-corrected chi connectivity index (χ1v) is 16.3. The zero-order chi connectivity index (χ0) is 28.3. The van der Waals surface area contributed by atoms with Crippen molar-refractivity contribution in [3.05, 3.63) is 183 Å². The van der Waals surface area contributed by atoms with Crippen molar-refractivity contribution in [3.8, 4) is 11.8 Å². The molecule has 0 heterocycles. The van der Waals surface area contributed by atoms with Crippen LogP contribution in [0.2, 0.25) is 15.4 Å². The minimum absolute atomic E-state index is 0.341. The second-order valence-corrected chi connectivity index (χ2v) is 12.7. The van der Waals surface area contributed by atoms with Gasteiger partial charge in [0.05, 0.1) is 0 Å². The average Bonchev–Trinajstić information content (AvgIpc) is 3.02. The van der Waals surface area contributed by atoms with E-state index in [9.17, 15) is 0 Å². The molecule has 0 aromatic heterocycles. The first kappa shape index (κ1) is 28.8. The number of rotatable bonds is 8. The maximum atomic E-state index is 6.32. The van der Waals surface area contributed by atoms with Crippen molar-refractivity contribution in [1.29, 1.82) is 0 Å². The molecule has 0 N–H and O–H groups in total. The van der Waals surface area contributed by atoms with Crippen LogP contribution in [0.25, 0.3) is 11.1 Å². The first-order chi connectivity index (χ1) is 20.2. The fraction of sp³-hybridized carbons (Fsp3) is 0.0526. The molecule has 0 fully saturated rings. The molecule has 41 heavy (non-hydrogen) atoms. The van der Waals surface area contributed by atoms with Gasteiger partial charge in [0.25, 0.3) is 0 Å². The Morgan fingerprint density at radius 2 is 1.10 bits per heavy atom. The van der Waals surface area contributed by atoms with Crippen LogP contribution in [0, 0.1) is 11.8 Å². The summed E-state index contributed by atoms with van der Waals surface area (Å²) in [4.78, 5) is 0. The Kier molecular flexibility index (Phi) is 10.3. The summed E-state index contributed by atoms with van der Waals surface area (Å²) in [6.07, 6.45) is 3.18. The van der Waals surface area contributed by atoms with Gasteiger partial charge in [0.15, 0.2) is 0 Å². The Bertz CT molecular complexity index is 1630. The van der Waals surface area contributed by atoms with Gasteiger partial charge < -0.3 is 0 Å². The third kappa shape index (κ3) is 8.37. The molecule has 0 aliphatic heterocycles. The number of halogens is 2. The molecule has 5 aromatic rings. The van der Waals surface area contributed by atoms with E-state index in [2.05, 4.69) is 96.8 Å². The monoisotopic (exact) mass is 634 g/mol. The molecule has 5 aromatic carbocycles. The number of hydrogen-bond acceptors (Lipinski definition) is 0. The topological polar surface area (TPSA) is 0 Å². The molecule has 0 atom stereocenters. The molecule has 200 valence electrons. The number of hydrogen-bond donors (Lipinski definition) is 0. The van der Waals surface area contributed by atoms with Crippen molar-refractivity contribution < 1.29 is 0 Å². The third-order valence-electron chi connectivity index (χ3n) is 6.49. The summed E-state index contributed by atoms with van der Waals surface area (Å²) >= 11 is 13.0. The van der Waals surface area contributed by atoms with Crippen LogP contribution in [0.15, 0.2) is 151 Å². The Balaban J connectivity index is 1.68. The van der Waals surface area contributed by atoms with Crippen LogP contribution >= 0.6 is 23.2 Å². The normalized spacial score (nSPS) is 10.9. The van der Waals surface area contributed by atoms with Crippen LogP contribution in [0.5, 0.6) is 0 Å². The fourth-order valence-electron chi connectivity index (χ4n) is 4.48. The second-order valence-electron chi connectivity index (χ2n) is 9.37. The molecule has 0 saturated carbocycles. The van der Waals surface area contributed by atoms with Crippen LogP contribution in [0.4, 0.5) is 0 Å². The van der Waals surface area contributed by atoms with Gasteiger partial charge in [-0.15, -0.1) is 0 Å². The third-order valence-corrected chi connectivity index (χ3v) is 9.12. The summed E-state index contributed by atoms with van der Waals surface area (Å²) in [5.41, 5.74) is 7.68. The van der Waals surface area contributed by atoms with Crippen molar-refractivity contribution in [2.24, 2.45) is 0 Å². The molecular formula is C38H28Cl2Se. The molecule has 5 rings (SSSR count). The van der Waals surface area contributed by atoms with Crippen molar-refractivity contribution in [1.82, 2.24) is 0 Å². The van der Waals surface area contributed by atoms with Gasteiger partial charge in [-0.3, -0.25) is 0 Å². The van der Waals surface area contributed by atoms with Crippen LogP contribution in [0.3, 0.4) is 0 Å². The molecule has 0 saturated heterocycles. The van der Waals surface area contributed by atoms with Gasteiger partial charge in [-0.1, -0.05) is 0 Å². The molecule has 0 aliphatic carbocycles. The summed E-state index contributed by atoms with van der Waals surface area (Å²) in [7, 11) is 0. The quantitative estimate of drug-likeness (QED) is 0.0906. The zero-order valence-corrected chi connectivity index (χ0v) is 25.7. The molecule has 0 bridgehead atoms. The predicted molar refractivity (Wildman–Crippen MR) is 178 cm³/mol. The van der Waals surface area contributed by atoms with Crippen molar-refractivity contribution in [2.45, 2.75) is 11.7 Å². The predicted octanol–water partition coefficient (Wildman–Crippen LogP) is 9.77. The van der Waals surface area contributed by atoms with Crippen LogP contribution in [-0.2, 0) is 0 Å². The second kappa shape index (κ2) is 14.7. The van der Waals surface area contributed by atoms with Gasteiger partial charge in [-0.05, 0) is 0 Å². The Labute approximate surface area is 259 Å². The maximum absolute atomic E-state index is 6.32. The Hall–Kier alpha value is -3.76. The van der Waals surface area contributed by atoms with E-state index >= 15 is 0 Å². The summed E-state index contributed by atoms with van der Waals surface area (Å²) < 4.78 is 1.40. The van der Waals surface area contributed by atoms with E-state index in [1.807, 2.05) is 60.7 Å². The van der Waals surface area contributed by atoms with E-state index in [4.69, 9.17) is 23.2 Å². The van der Waals surface area contributed by atoms with E-state index < -0.39 is 0 Å². The zero-order valence-electron chi connectivity index (χ0n) is 22.4. The van der Waals surface area contributed by atoms with Crippen LogP contribution in [0.1, 0.15) is 28.7 Å². The Morgan fingerprint density at radius 3 is 1.66 bits per heavy atom. The first-order valence-electron chi connectivity index (χ1n) is 13.4. The van der Waals surface area contributed by atoms with Crippen molar-refractivity contribution in [2.75, 3.05) is 0 Å². The molecule has 0 aliphatic rings. The summed E-state index contributed by atoms with van der Waals surface area (Å²) in [6.45, 7) is 0. The van der Waals surface area contributed by atoms with Gasteiger partial charge in [0, 0.05) is 0 Å². The Morgan fingerprint density at radius 1 is 0.585 bits per heavy atom. The van der Waals surface area contributed by atoms with Gasteiger partial charge in [0.2, 0.25) is 0 Å². The number of benzene rings is 5. The van der Waals surface area contributed by atoms with Crippen LogP contribution in [-0.4, -0.2) is 15.0 Å². The molecule has 0 amide bonds. The van der Waals surface area contributed by atoms with E-state index in [1.165, 1.54) is 10.0 Å². The minimum atomic E-state index is 0.341. The summed E-state index contributed by atoms with van der Waals surface area (Å²) in [5, 5.41) is 2.49. The standard InChI is InChI=1S/C38H28Cl2Se/c39-35-22-18-31(19-23-35)38(32-20-24-36(40)25-21-32)34(26-27-41-37-14-8-3-9-15-37)28-33(30-12-6-2-7-13-30)17-16-29-10-4-1-5-11-29/h1-15,18-25,28H,26-27H2/b33-28-. The van der Waals surface area contributed by atoms with Crippen LogP contribution < -0.4 is 4.46 Å². The van der Waals surface area contributed by atoms with E-state index in [1.54, 1.807) is 0 Å². The van der Waals surface area contributed by atoms with Gasteiger partial charge in [-0.2, -0.15) is 0 Å². The SMILES string of the molecule is Clc1ccc(C(=C(/C=C(/C#Cc2ccccc2)c2ccccc2)CC[Se]c2ccccc2)c2ccc(Cl)cc2)cc1. The summed E-state index contributed by atoms with van der Waals surface area (Å²) in [5.74, 6) is 6.90. The van der Waals surface area contributed by atoms with Gasteiger partial charge >= 0.3 is 261 Å². The molecular weight excluding hydrogens is 606 g/mol. The van der Waals surface area contributed by atoms with E-state index in [-0.39, 0.29) is 0 Å². The average molecular weight is 635 g/mol. The summed E-state index contributed by atoms with van der Waals surface area (Å²) in [6, 6.07) is 47.5. The van der Waals surface area contributed by atoms with Crippen molar-refractivity contribution >= 4 is 53.8 Å². The molecule has 0 spiro atoms. The van der Waals surface area contributed by atoms with E-state index in [0.717, 1.165) is 45.1 Å². The molecule has 3 heteroatoms. The van der Waals surface area contributed by atoms with E-state index in [0.29, 0.717) is 25.0 Å². The van der Waals surface area contributed by atoms with Gasteiger partial charge in [-0.25, -0.2) is 0 Å². The molecule has 0 radical (unpaired) electrons. The van der Waals surface area contributed by atoms with Gasteiger partial charge in [0.1, 0.15) is 0 Å². The number of allylic oxidation sites excluding steroid dienone is 3.